The van der Waals surface area contributed by atoms with Crippen LogP contribution in [0.25, 0.3) is 0 Å². The first-order valence-electron chi connectivity index (χ1n) is 11.7. The van der Waals surface area contributed by atoms with Gasteiger partial charge in [0.05, 0.1) is 5.75 Å². The summed E-state index contributed by atoms with van der Waals surface area (Å²) in [6.45, 7) is 6.35. The summed E-state index contributed by atoms with van der Waals surface area (Å²) in [7, 11) is 0. The summed E-state index contributed by atoms with van der Waals surface area (Å²) in [4.78, 5) is 28.6. The highest BCUT2D eigenvalue weighted by Gasteiger charge is 2.30. The van der Waals surface area contributed by atoms with Gasteiger partial charge in [0.15, 0.2) is 0 Å². The van der Waals surface area contributed by atoms with E-state index in [2.05, 4.69) is 30.4 Å². The summed E-state index contributed by atoms with van der Waals surface area (Å²) >= 11 is 1.59. The smallest absolute Gasteiger partial charge is 0.243 e. The number of nitrogens with zero attached hydrogens (tertiary/aromatic N) is 1. The average molecular weight is 475 g/mol. The Morgan fingerprint density at radius 1 is 0.853 bits per heavy atom. The molecule has 0 unspecified atom stereocenters. The maximum absolute atomic E-state index is 13.6. The van der Waals surface area contributed by atoms with E-state index >= 15 is 0 Å². The van der Waals surface area contributed by atoms with Crippen LogP contribution in [0.5, 0.6) is 0 Å². The van der Waals surface area contributed by atoms with E-state index in [1.165, 1.54) is 11.1 Å². The molecule has 0 aliphatic rings. The Morgan fingerprint density at radius 3 is 2.09 bits per heavy atom. The predicted molar refractivity (Wildman–Crippen MR) is 142 cm³/mol. The SMILES string of the molecule is Cc1cccc(CSCC(=O)N(Cc2ccccc2)[C@@H](Cc2ccccc2)C(=O)NC(C)C)c1. The van der Waals surface area contributed by atoms with Crippen molar-refractivity contribution in [3.8, 4) is 0 Å². The zero-order chi connectivity index (χ0) is 24.3. The van der Waals surface area contributed by atoms with Crippen LogP contribution in [0.2, 0.25) is 0 Å². The summed E-state index contributed by atoms with van der Waals surface area (Å²) in [6.07, 6.45) is 0.473. The van der Waals surface area contributed by atoms with Crippen LogP contribution < -0.4 is 5.32 Å². The number of nitrogens with one attached hydrogen (secondary N) is 1. The number of amides is 2. The molecular formula is C29H34N2O2S. The zero-order valence-electron chi connectivity index (χ0n) is 20.2. The highest BCUT2D eigenvalue weighted by atomic mass is 32.2. The average Bonchev–Trinajstić information content (AvgIpc) is 2.82. The van der Waals surface area contributed by atoms with E-state index in [0.717, 1.165) is 16.9 Å². The van der Waals surface area contributed by atoms with Crippen molar-refractivity contribution in [2.45, 2.75) is 51.6 Å². The van der Waals surface area contributed by atoms with Gasteiger partial charge in [-0.1, -0.05) is 90.5 Å². The summed E-state index contributed by atoms with van der Waals surface area (Å²) in [5.74, 6) is 0.933. The van der Waals surface area contributed by atoms with Gasteiger partial charge in [0.25, 0.3) is 0 Å². The number of rotatable bonds is 11. The fourth-order valence-corrected chi connectivity index (χ4v) is 4.71. The van der Waals surface area contributed by atoms with Gasteiger partial charge in [-0.05, 0) is 37.5 Å². The zero-order valence-corrected chi connectivity index (χ0v) is 21.1. The van der Waals surface area contributed by atoms with Gasteiger partial charge < -0.3 is 10.2 Å². The Bertz CT molecular complexity index is 1050. The van der Waals surface area contributed by atoms with Gasteiger partial charge >= 0.3 is 0 Å². The molecule has 0 aliphatic heterocycles. The first kappa shape index (κ1) is 25.6. The Balaban J connectivity index is 1.82. The van der Waals surface area contributed by atoms with Crippen molar-refractivity contribution >= 4 is 23.6 Å². The maximum Gasteiger partial charge on any atom is 0.243 e. The molecule has 178 valence electrons. The second-order valence-electron chi connectivity index (χ2n) is 8.86. The second-order valence-corrected chi connectivity index (χ2v) is 9.84. The molecule has 1 N–H and O–H groups in total. The number of carbonyl (C=O) groups excluding carboxylic acids is 2. The maximum atomic E-state index is 13.6. The molecule has 0 spiro atoms. The van der Waals surface area contributed by atoms with Crippen LogP contribution in [0.15, 0.2) is 84.9 Å². The molecule has 0 saturated heterocycles. The Morgan fingerprint density at radius 2 is 1.47 bits per heavy atom. The van der Waals surface area contributed by atoms with Gasteiger partial charge in [-0.2, -0.15) is 0 Å². The molecule has 0 saturated carbocycles. The molecule has 0 bridgehead atoms. The third-order valence-electron chi connectivity index (χ3n) is 5.47. The van der Waals surface area contributed by atoms with Gasteiger partial charge in [-0.3, -0.25) is 9.59 Å². The molecule has 3 rings (SSSR count). The molecule has 0 radical (unpaired) electrons. The van der Waals surface area contributed by atoms with Crippen molar-refractivity contribution in [2.24, 2.45) is 0 Å². The minimum absolute atomic E-state index is 0.00449. The molecule has 1 atom stereocenters. The van der Waals surface area contributed by atoms with Gasteiger partial charge in [-0.15, -0.1) is 11.8 Å². The van der Waals surface area contributed by atoms with Gasteiger partial charge in [0, 0.05) is 24.8 Å². The lowest BCUT2D eigenvalue weighted by atomic mass is 10.0. The molecule has 34 heavy (non-hydrogen) atoms. The van der Waals surface area contributed by atoms with Gasteiger partial charge in [-0.25, -0.2) is 0 Å². The lowest BCUT2D eigenvalue weighted by Crippen LogP contribution is -2.52. The highest BCUT2D eigenvalue weighted by molar-refractivity contribution is 7.99. The molecule has 2 amide bonds. The summed E-state index contributed by atoms with van der Waals surface area (Å²) in [5, 5.41) is 3.03. The highest BCUT2D eigenvalue weighted by Crippen LogP contribution is 2.19. The molecule has 3 aromatic rings. The lowest BCUT2D eigenvalue weighted by molar-refractivity contribution is -0.139. The molecule has 0 aliphatic carbocycles. The third kappa shape index (κ3) is 8.07. The minimum Gasteiger partial charge on any atom is -0.352 e. The lowest BCUT2D eigenvalue weighted by Gasteiger charge is -2.32. The molecule has 4 nitrogen and oxygen atoms in total. The van der Waals surface area contributed by atoms with Crippen molar-refractivity contribution in [3.05, 3.63) is 107 Å². The normalized spacial score (nSPS) is 11.8. The van der Waals surface area contributed by atoms with Crippen LogP contribution >= 0.6 is 11.8 Å². The monoisotopic (exact) mass is 474 g/mol. The van der Waals surface area contributed by atoms with Gasteiger partial charge in [0.1, 0.15) is 6.04 Å². The van der Waals surface area contributed by atoms with Crippen LogP contribution in [0.4, 0.5) is 0 Å². The first-order valence-corrected chi connectivity index (χ1v) is 12.9. The number of hydrogen-bond donors (Lipinski definition) is 1. The van der Waals surface area contributed by atoms with Crippen LogP contribution in [0.3, 0.4) is 0 Å². The number of benzene rings is 3. The Kier molecular flexibility index (Phi) is 9.77. The van der Waals surface area contributed by atoms with Crippen LogP contribution in [-0.2, 0) is 28.3 Å². The minimum atomic E-state index is -0.586. The topological polar surface area (TPSA) is 49.4 Å². The van der Waals surface area contributed by atoms with Crippen LogP contribution in [0, 0.1) is 6.92 Å². The largest absolute Gasteiger partial charge is 0.352 e. The Hall–Kier alpha value is -3.05. The standard InChI is InChI=1S/C29H34N2O2S/c1-22(2)30-29(33)27(18-24-12-6-4-7-13-24)31(19-25-14-8-5-9-15-25)28(32)21-34-20-26-16-10-11-23(3)17-26/h4-17,22,27H,18-21H2,1-3H3,(H,30,33)/t27-/m0/s1. The fraction of sp³-hybridized carbons (Fsp3) is 0.310. The van der Waals surface area contributed by atoms with Crippen molar-refractivity contribution < 1.29 is 9.59 Å². The van der Waals surface area contributed by atoms with E-state index in [9.17, 15) is 9.59 Å². The van der Waals surface area contributed by atoms with Gasteiger partial charge in [0.2, 0.25) is 11.8 Å². The van der Waals surface area contributed by atoms with E-state index in [0.29, 0.717) is 18.7 Å². The van der Waals surface area contributed by atoms with E-state index in [1.807, 2.05) is 80.6 Å². The number of hydrogen-bond acceptors (Lipinski definition) is 3. The van der Waals surface area contributed by atoms with Crippen LogP contribution in [-0.4, -0.2) is 34.6 Å². The Labute approximate surface area is 207 Å². The first-order chi connectivity index (χ1) is 16.4. The van der Waals surface area contributed by atoms with Crippen molar-refractivity contribution in [1.82, 2.24) is 10.2 Å². The molecule has 5 heteroatoms. The number of aryl methyl sites for hydroxylation is 1. The van der Waals surface area contributed by atoms with E-state index in [1.54, 1.807) is 16.7 Å². The van der Waals surface area contributed by atoms with E-state index in [-0.39, 0.29) is 17.9 Å². The summed E-state index contributed by atoms with van der Waals surface area (Å²) in [5.41, 5.74) is 4.45. The second kappa shape index (κ2) is 13.0. The summed E-state index contributed by atoms with van der Waals surface area (Å²) in [6, 6.07) is 27.5. The third-order valence-corrected chi connectivity index (χ3v) is 6.46. The molecule has 0 aromatic heterocycles. The van der Waals surface area contributed by atoms with Crippen molar-refractivity contribution in [3.63, 3.8) is 0 Å². The number of carbonyl (C=O) groups is 2. The summed E-state index contributed by atoms with van der Waals surface area (Å²) < 4.78 is 0. The molecular weight excluding hydrogens is 440 g/mol. The van der Waals surface area contributed by atoms with Crippen molar-refractivity contribution in [1.29, 1.82) is 0 Å². The van der Waals surface area contributed by atoms with E-state index < -0.39 is 6.04 Å². The number of thioether (sulfide) groups is 1. The fourth-order valence-electron chi connectivity index (χ4n) is 3.86. The molecule has 0 heterocycles. The van der Waals surface area contributed by atoms with Crippen LogP contribution in [0.1, 0.15) is 36.1 Å². The molecule has 0 fully saturated rings. The predicted octanol–water partition coefficient (Wildman–Crippen LogP) is 5.39. The quantitative estimate of drug-likeness (QED) is 0.405. The molecule has 3 aromatic carbocycles. The van der Waals surface area contributed by atoms with Crippen molar-refractivity contribution in [2.75, 3.05) is 5.75 Å². The van der Waals surface area contributed by atoms with E-state index in [4.69, 9.17) is 0 Å².